The second kappa shape index (κ2) is 7.24. The number of nitrogens with zero attached hydrogens (tertiary/aromatic N) is 1. The Balaban J connectivity index is 2.18. The van der Waals surface area contributed by atoms with Crippen molar-refractivity contribution >= 4 is 46.5 Å². The molecule has 1 aromatic heterocycles. The van der Waals surface area contributed by atoms with Crippen LogP contribution in [0.1, 0.15) is 23.7 Å². The first-order valence-corrected chi connectivity index (χ1v) is 7.28. The van der Waals surface area contributed by atoms with E-state index in [-0.39, 0.29) is 21.5 Å². The molecule has 1 heterocycles. The molecule has 22 heavy (non-hydrogen) atoms. The number of aromatic nitrogens is 1. The molecule has 114 valence electrons. The number of benzene rings is 1. The summed E-state index contributed by atoms with van der Waals surface area (Å²) in [5.41, 5.74) is 0.671. The smallest absolute Gasteiger partial charge is 0.258 e. The average molecular weight is 338 g/mol. The molecule has 0 aliphatic carbocycles. The molecule has 0 saturated heterocycles. The highest BCUT2D eigenvalue weighted by Crippen LogP contribution is 2.25. The van der Waals surface area contributed by atoms with Crippen molar-refractivity contribution in [2.24, 2.45) is 0 Å². The summed E-state index contributed by atoms with van der Waals surface area (Å²) >= 11 is 12.0. The lowest BCUT2D eigenvalue weighted by Gasteiger charge is -2.09. The third kappa shape index (κ3) is 3.96. The number of carbonyl (C=O) groups excluding carboxylic acids is 2. The molecule has 0 aliphatic heterocycles. The lowest BCUT2D eigenvalue weighted by atomic mass is 10.2. The summed E-state index contributed by atoms with van der Waals surface area (Å²) in [5, 5.41) is 5.81. The number of anilines is 2. The Morgan fingerprint density at radius 2 is 1.82 bits per heavy atom. The summed E-state index contributed by atoms with van der Waals surface area (Å²) in [6.45, 7) is 1.74. The molecule has 2 N–H and O–H groups in total. The van der Waals surface area contributed by atoms with Crippen molar-refractivity contribution in [3.05, 3.63) is 52.1 Å². The minimum atomic E-state index is -0.436. The third-order valence-electron chi connectivity index (χ3n) is 2.80. The van der Waals surface area contributed by atoms with Gasteiger partial charge in [0.25, 0.3) is 5.91 Å². The van der Waals surface area contributed by atoms with Crippen molar-refractivity contribution in [2.75, 3.05) is 10.6 Å². The molecule has 0 fully saturated rings. The summed E-state index contributed by atoms with van der Waals surface area (Å²) in [6.07, 6.45) is 1.82. The minimum absolute atomic E-state index is 0.162. The molecule has 5 nitrogen and oxygen atoms in total. The number of rotatable bonds is 4. The van der Waals surface area contributed by atoms with Crippen LogP contribution in [0.4, 0.5) is 11.5 Å². The van der Waals surface area contributed by atoms with E-state index >= 15 is 0 Å². The molecular formula is C15H13Cl2N3O2. The van der Waals surface area contributed by atoms with Gasteiger partial charge >= 0.3 is 0 Å². The van der Waals surface area contributed by atoms with Crippen LogP contribution in [-0.4, -0.2) is 16.8 Å². The molecule has 0 spiro atoms. The zero-order valence-corrected chi connectivity index (χ0v) is 13.2. The van der Waals surface area contributed by atoms with Gasteiger partial charge in [0, 0.05) is 24.4 Å². The first-order chi connectivity index (χ1) is 10.5. The van der Waals surface area contributed by atoms with Crippen molar-refractivity contribution in [1.29, 1.82) is 0 Å². The number of pyridine rings is 1. The standard InChI is InChI=1S/C15H13Cl2N3O2/c1-2-13(21)20-12-8-9(6-7-18-12)19-15(22)14-10(16)4-3-5-11(14)17/h3-8H,2H2,1H3,(H2,18,19,20,21,22). The van der Waals surface area contributed by atoms with Gasteiger partial charge in [-0.05, 0) is 18.2 Å². The Kier molecular flexibility index (Phi) is 5.35. The largest absolute Gasteiger partial charge is 0.322 e. The number of hydrogen-bond donors (Lipinski definition) is 2. The molecule has 2 aromatic rings. The number of hydrogen-bond acceptors (Lipinski definition) is 3. The van der Waals surface area contributed by atoms with Gasteiger partial charge in [-0.2, -0.15) is 0 Å². The van der Waals surface area contributed by atoms with Crippen molar-refractivity contribution in [1.82, 2.24) is 4.98 Å². The summed E-state index contributed by atoms with van der Waals surface area (Å²) in [4.78, 5) is 27.6. The fourth-order valence-electron chi connectivity index (χ4n) is 1.72. The van der Waals surface area contributed by atoms with E-state index in [0.29, 0.717) is 17.9 Å². The van der Waals surface area contributed by atoms with Crippen LogP contribution >= 0.6 is 23.2 Å². The van der Waals surface area contributed by atoms with Crippen molar-refractivity contribution in [2.45, 2.75) is 13.3 Å². The monoisotopic (exact) mass is 337 g/mol. The fraction of sp³-hybridized carbons (Fsp3) is 0.133. The molecular weight excluding hydrogens is 325 g/mol. The summed E-state index contributed by atoms with van der Waals surface area (Å²) < 4.78 is 0. The van der Waals surface area contributed by atoms with Crippen LogP contribution < -0.4 is 10.6 Å². The number of amides is 2. The molecule has 0 radical (unpaired) electrons. The predicted octanol–water partition coefficient (Wildman–Crippen LogP) is 3.99. The van der Waals surface area contributed by atoms with Crippen molar-refractivity contribution in [3.8, 4) is 0 Å². The SMILES string of the molecule is CCC(=O)Nc1cc(NC(=O)c2c(Cl)cccc2Cl)ccn1. The third-order valence-corrected chi connectivity index (χ3v) is 3.43. The van der Waals surface area contributed by atoms with Crippen LogP contribution in [0.15, 0.2) is 36.5 Å². The normalized spacial score (nSPS) is 10.1. The van der Waals surface area contributed by atoms with E-state index in [1.807, 2.05) is 0 Å². The maximum Gasteiger partial charge on any atom is 0.258 e. The lowest BCUT2D eigenvalue weighted by molar-refractivity contribution is -0.115. The molecule has 2 rings (SSSR count). The van der Waals surface area contributed by atoms with Gasteiger partial charge in [-0.1, -0.05) is 36.2 Å². The number of halogens is 2. The zero-order valence-electron chi connectivity index (χ0n) is 11.7. The van der Waals surface area contributed by atoms with E-state index in [4.69, 9.17) is 23.2 Å². The molecule has 0 saturated carbocycles. The van der Waals surface area contributed by atoms with E-state index in [9.17, 15) is 9.59 Å². The predicted molar refractivity (Wildman–Crippen MR) is 87.6 cm³/mol. The summed E-state index contributed by atoms with van der Waals surface area (Å²) in [7, 11) is 0. The highest BCUT2D eigenvalue weighted by atomic mass is 35.5. The van der Waals surface area contributed by atoms with Gasteiger partial charge in [-0.15, -0.1) is 0 Å². The highest BCUT2D eigenvalue weighted by Gasteiger charge is 2.15. The second-order valence-electron chi connectivity index (χ2n) is 4.38. The molecule has 0 bridgehead atoms. The molecule has 1 aromatic carbocycles. The Hall–Kier alpha value is -2.11. The fourth-order valence-corrected chi connectivity index (χ4v) is 2.29. The van der Waals surface area contributed by atoms with Gasteiger partial charge < -0.3 is 10.6 Å². The molecule has 0 atom stereocenters. The summed E-state index contributed by atoms with van der Waals surface area (Å²) in [5.74, 6) is -0.241. The van der Waals surface area contributed by atoms with Gasteiger partial charge in [0.1, 0.15) is 5.82 Å². The van der Waals surface area contributed by atoms with Gasteiger partial charge in [-0.25, -0.2) is 4.98 Å². The average Bonchev–Trinajstić information content (AvgIpc) is 2.47. The van der Waals surface area contributed by atoms with Crippen LogP contribution in [0.2, 0.25) is 10.0 Å². The molecule has 2 amide bonds. The zero-order chi connectivity index (χ0) is 16.1. The van der Waals surface area contributed by atoms with Crippen LogP contribution in [-0.2, 0) is 4.79 Å². The molecule has 7 heteroatoms. The highest BCUT2D eigenvalue weighted by molar-refractivity contribution is 6.40. The van der Waals surface area contributed by atoms with Gasteiger partial charge in [0.15, 0.2) is 0 Å². The van der Waals surface area contributed by atoms with Crippen LogP contribution in [0.5, 0.6) is 0 Å². The Labute approximate surface area is 137 Å². The van der Waals surface area contributed by atoms with E-state index < -0.39 is 5.91 Å². The maximum absolute atomic E-state index is 12.3. The topological polar surface area (TPSA) is 71.1 Å². The summed E-state index contributed by atoms with van der Waals surface area (Å²) in [6, 6.07) is 7.98. The quantitative estimate of drug-likeness (QED) is 0.885. The van der Waals surface area contributed by atoms with Crippen LogP contribution in [0.25, 0.3) is 0 Å². The first kappa shape index (κ1) is 16.3. The molecule has 0 unspecified atom stereocenters. The van der Waals surface area contributed by atoms with Gasteiger partial charge in [-0.3, -0.25) is 9.59 Å². The van der Waals surface area contributed by atoms with Crippen LogP contribution in [0, 0.1) is 0 Å². The van der Waals surface area contributed by atoms with E-state index in [1.165, 1.54) is 6.20 Å². The Morgan fingerprint density at radius 1 is 1.14 bits per heavy atom. The van der Waals surface area contributed by atoms with Crippen molar-refractivity contribution in [3.63, 3.8) is 0 Å². The second-order valence-corrected chi connectivity index (χ2v) is 5.20. The lowest BCUT2D eigenvalue weighted by Crippen LogP contribution is -2.14. The van der Waals surface area contributed by atoms with Gasteiger partial charge in [0.05, 0.1) is 15.6 Å². The Morgan fingerprint density at radius 3 is 2.45 bits per heavy atom. The minimum Gasteiger partial charge on any atom is -0.322 e. The van der Waals surface area contributed by atoms with E-state index in [1.54, 1.807) is 37.3 Å². The van der Waals surface area contributed by atoms with Gasteiger partial charge in [0.2, 0.25) is 5.91 Å². The van der Waals surface area contributed by atoms with Crippen LogP contribution in [0.3, 0.4) is 0 Å². The number of carbonyl (C=O) groups is 2. The number of nitrogens with one attached hydrogen (secondary N) is 2. The maximum atomic E-state index is 12.3. The molecule has 0 aliphatic rings. The Bertz CT molecular complexity index is 699. The first-order valence-electron chi connectivity index (χ1n) is 6.52. The van der Waals surface area contributed by atoms with E-state index in [2.05, 4.69) is 15.6 Å². The van der Waals surface area contributed by atoms with Crippen molar-refractivity contribution < 1.29 is 9.59 Å². The van der Waals surface area contributed by atoms with E-state index in [0.717, 1.165) is 0 Å².